The first-order valence-electron chi connectivity index (χ1n) is 8.47. The van der Waals surface area contributed by atoms with Crippen LogP contribution in [0.2, 0.25) is 5.02 Å². The number of alkyl halides is 3. The SMILES string of the molecule is N=S(=O)(N[C@H]1CCN[C@H]1Cc1cccc(-c2cccc(Cl)c2)c1F)C(F)(F)F. The first kappa shape index (κ1) is 21.0. The Balaban J connectivity index is 1.83. The van der Waals surface area contributed by atoms with Crippen LogP contribution in [0.15, 0.2) is 42.5 Å². The fraction of sp³-hybridized carbons (Fsp3) is 0.333. The van der Waals surface area contributed by atoms with Crippen molar-refractivity contribution in [1.82, 2.24) is 10.0 Å². The van der Waals surface area contributed by atoms with E-state index >= 15 is 4.39 Å². The van der Waals surface area contributed by atoms with Gasteiger partial charge in [0.05, 0.1) is 0 Å². The molecule has 0 amide bonds. The zero-order valence-electron chi connectivity index (χ0n) is 14.5. The van der Waals surface area contributed by atoms with E-state index in [-0.39, 0.29) is 12.8 Å². The summed E-state index contributed by atoms with van der Waals surface area (Å²) in [5.74, 6) is -0.486. The summed E-state index contributed by atoms with van der Waals surface area (Å²) in [6, 6.07) is 10.1. The highest BCUT2D eigenvalue weighted by Gasteiger charge is 2.44. The van der Waals surface area contributed by atoms with Gasteiger partial charge in [0.25, 0.3) is 0 Å². The second-order valence-electron chi connectivity index (χ2n) is 6.57. The van der Waals surface area contributed by atoms with E-state index in [0.29, 0.717) is 28.3 Å². The molecule has 152 valence electrons. The van der Waals surface area contributed by atoms with E-state index in [9.17, 15) is 17.4 Å². The Morgan fingerprint density at radius 1 is 1.25 bits per heavy atom. The minimum Gasteiger partial charge on any atom is -0.312 e. The molecular formula is C18H18ClF4N3OS. The van der Waals surface area contributed by atoms with Gasteiger partial charge in [-0.1, -0.05) is 41.9 Å². The van der Waals surface area contributed by atoms with Gasteiger partial charge < -0.3 is 5.32 Å². The van der Waals surface area contributed by atoms with Crippen molar-refractivity contribution >= 4 is 21.5 Å². The van der Waals surface area contributed by atoms with E-state index in [2.05, 4.69) is 5.32 Å². The van der Waals surface area contributed by atoms with Crippen LogP contribution in [0.4, 0.5) is 17.6 Å². The predicted octanol–water partition coefficient (Wildman–Crippen LogP) is 4.49. The molecule has 3 N–H and O–H groups in total. The van der Waals surface area contributed by atoms with Crippen LogP contribution in [-0.2, 0) is 16.3 Å². The van der Waals surface area contributed by atoms with Crippen LogP contribution in [0.3, 0.4) is 0 Å². The van der Waals surface area contributed by atoms with Gasteiger partial charge in [0, 0.05) is 22.7 Å². The standard InChI is InChI=1S/C18H18ClF4N3OS/c19-13-5-1-3-11(9-13)14-6-2-4-12(17(14)20)10-16-15(7-8-25-16)26-28(24,27)18(21,22)23/h1-6,9,15-16,25H,7-8,10H2,(H2,24,26,27)/t15-,16-,28?/m0/s1. The van der Waals surface area contributed by atoms with Crippen molar-refractivity contribution in [1.29, 1.82) is 4.78 Å². The Morgan fingerprint density at radius 2 is 1.96 bits per heavy atom. The maximum atomic E-state index is 15.0. The number of benzene rings is 2. The van der Waals surface area contributed by atoms with Crippen molar-refractivity contribution in [3.8, 4) is 11.1 Å². The van der Waals surface area contributed by atoms with E-state index in [0.717, 1.165) is 0 Å². The minimum atomic E-state index is -5.17. The molecule has 0 saturated carbocycles. The highest BCUT2D eigenvalue weighted by atomic mass is 35.5. The Labute approximate surface area is 165 Å². The van der Waals surface area contributed by atoms with E-state index < -0.39 is 33.3 Å². The van der Waals surface area contributed by atoms with Gasteiger partial charge in [-0.3, -0.25) is 0 Å². The van der Waals surface area contributed by atoms with Crippen molar-refractivity contribution in [2.75, 3.05) is 6.54 Å². The third-order valence-electron chi connectivity index (χ3n) is 4.64. The summed E-state index contributed by atoms with van der Waals surface area (Å²) in [6.07, 6.45) is 0.345. The molecule has 10 heteroatoms. The van der Waals surface area contributed by atoms with E-state index in [1.54, 1.807) is 42.5 Å². The predicted molar refractivity (Wildman–Crippen MR) is 101 cm³/mol. The smallest absolute Gasteiger partial charge is 0.312 e. The maximum Gasteiger partial charge on any atom is 0.492 e. The van der Waals surface area contributed by atoms with Gasteiger partial charge in [0.15, 0.2) is 0 Å². The molecule has 2 aromatic rings. The lowest BCUT2D eigenvalue weighted by atomic mass is 9.96. The molecule has 1 aliphatic heterocycles. The van der Waals surface area contributed by atoms with E-state index in [1.807, 2.05) is 4.72 Å². The van der Waals surface area contributed by atoms with Crippen LogP contribution in [0.1, 0.15) is 12.0 Å². The topological polar surface area (TPSA) is 65.0 Å². The average molecular weight is 436 g/mol. The summed E-state index contributed by atoms with van der Waals surface area (Å²) >= 11 is 5.96. The first-order chi connectivity index (χ1) is 13.1. The van der Waals surface area contributed by atoms with Gasteiger partial charge in [-0.05, 0) is 42.6 Å². The molecule has 1 aliphatic rings. The number of halogens is 5. The van der Waals surface area contributed by atoms with Gasteiger partial charge in [0.2, 0.25) is 9.92 Å². The molecule has 0 aromatic heterocycles. The van der Waals surface area contributed by atoms with Crippen LogP contribution in [0.5, 0.6) is 0 Å². The summed E-state index contributed by atoms with van der Waals surface area (Å²) in [5.41, 5.74) is -3.93. The lowest BCUT2D eigenvalue weighted by molar-refractivity contribution is -0.0420. The van der Waals surface area contributed by atoms with Crippen LogP contribution in [-0.4, -0.2) is 28.3 Å². The number of hydrogen-bond acceptors (Lipinski definition) is 3. The molecule has 3 rings (SSSR count). The zero-order valence-corrected chi connectivity index (χ0v) is 16.1. The van der Waals surface area contributed by atoms with E-state index in [1.165, 1.54) is 0 Å². The van der Waals surface area contributed by atoms with Gasteiger partial charge in [-0.15, -0.1) is 0 Å². The lowest BCUT2D eigenvalue weighted by Crippen LogP contribution is -2.48. The summed E-state index contributed by atoms with van der Waals surface area (Å²) in [7, 11) is -4.97. The molecule has 4 nitrogen and oxygen atoms in total. The molecule has 1 saturated heterocycles. The second kappa shape index (κ2) is 7.98. The zero-order chi connectivity index (χ0) is 20.5. The molecule has 1 heterocycles. The summed E-state index contributed by atoms with van der Waals surface area (Å²) < 4.78 is 73.9. The van der Waals surface area contributed by atoms with Crippen LogP contribution in [0, 0.1) is 10.6 Å². The molecule has 0 radical (unpaired) electrons. The lowest BCUT2D eigenvalue weighted by Gasteiger charge is -2.23. The summed E-state index contributed by atoms with van der Waals surface area (Å²) in [4.78, 5) is 0. The fourth-order valence-corrected chi connectivity index (χ4v) is 4.29. The Morgan fingerprint density at radius 3 is 2.64 bits per heavy atom. The Hall–Kier alpha value is -1.68. The molecule has 0 bridgehead atoms. The van der Waals surface area contributed by atoms with Gasteiger partial charge in [-0.25, -0.2) is 18.1 Å². The van der Waals surface area contributed by atoms with Crippen LogP contribution < -0.4 is 10.0 Å². The van der Waals surface area contributed by atoms with E-state index in [4.69, 9.17) is 16.4 Å². The second-order valence-corrected chi connectivity index (χ2v) is 8.82. The van der Waals surface area contributed by atoms with Crippen LogP contribution >= 0.6 is 11.6 Å². The van der Waals surface area contributed by atoms with Crippen molar-refractivity contribution in [3.63, 3.8) is 0 Å². The molecule has 1 unspecified atom stereocenters. The normalized spacial score (nSPS) is 22.2. The minimum absolute atomic E-state index is 0.0886. The summed E-state index contributed by atoms with van der Waals surface area (Å²) in [6.45, 7) is 0.380. The quantitative estimate of drug-likeness (QED) is 0.606. The molecule has 1 fully saturated rings. The maximum absolute atomic E-state index is 15.0. The van der Waals surface area contributed by atoms with Crippen LogP contribution in [0.25, 0.3) is 11.1 Å². The van der Waals surface area contributed by atoms with Crippen molar-refractivity contribution in [2.24, 2.45) is 0 Å². The number of hydrogen-bond donors (Lipinski definition) is 3. The van der Waals surface area contributed by atoms with Gasteiger partial charge in [-0.2, -0.15) is 13.2 Å². The highest BCUT2D eigenvalue weighted by molar-refractivity contribution is 7.91. The van der Waals surface area contributed by atoms with Crippen molar-refractivity contribution in [2.45, 2.75) is 30.4 Å². The fourth-order valence-electron chi connectivity index (χ4n) is 3.26. The third kappa shape index (κ3) is 4.48. The monoisotopic (exact) mass is 435 g/mol. The largest absolute Gasteiger partial charge is 0.492 e. The highest BCUT2D eigenvalue weighted by Crippen LogP contribution is 2.29. The van der Waals surface area contributed by atoms with Gasteiger partial charge in [0.1, 0.15) is 5.82 Å². The average Bonchev–Trinajstić information content (AvgIpc) is 3.02. The molecular weight excluding hydrogens is 418 g/mol. The summed E-state index contributed by atoms with van der Waals surface area (Å²) in [5, 5.41) is 3.46. The number of nitrogens with one attached hydrogen (secondary N) is 3. The number of rotatable bonds is 5. The molecule has 28 heavy (non-hydrogen) atoms. The first-order valence-corrected chi connectivity index (χ1v) is 10.4. The Bertz CT molecular complexity index is 966. The molecule has 3 atom stereocenters. The third-order valence-corrected chi connectivity index (χ3v) is 6.17. The molecule has 0 spiro atoms. The molecule has 2 aromatic carbocycles. The Kier molecular flexibility index (Phi) is 6.00. The van der Waals surface area contributed by atoms with Gasteiger partial charge >= 0.3 is 5.51 Å². The molecule has 0 aliphatic carbocycles. The van der Waals surface area contributed by atoms with Crippen molar-refractivity contribution in [3.05, 3.63) is 58.9 Å². The van der Waals surface area contributed by atoms with Crippen molar-refractivity contribution < 1.29 is 21.8 Å².